The summed E-state index contributed by atoms with van der Waals surface area (Å²) in [5.74, 6) is -1.93. The first kappa shape index (κ1) is 15.8. The van der Waals surface area contributed by atoms with Gasteiger partial charge < -0.3 is 10.4 Å². The van der Waals surface area contributed by atoms with Gasteiger partial charge in [-0.05, 0) is 48.3 Å². The molecule has 116 valence electrons. The fourth-order valence-electron chi connectivity index (χ4n) is 3.96. The zero-order chi connectivity index (χ0) is 15.8. The normalized spacial score (nSPS) is 21.0. The van der Waals surface area contributed by atoms with E-state index in [1.54, 1.807) is 6.07 Å². The summed E-state index contributed by atoms with van der Waals surface area (Å²) in [5.41, 5.74) is 0.881. The van der Waals surface area contributed by atoms with Crippen molar-refractivity contribution in [2.75, 3.05) is 5.32 Å². The van der Waals surface area contributed by atoms with E-state index in [1.807, 2.05) is 0 Å². The van der Waals surface area contributed by atoms with E-state index in [0.29, 0.717) is 5.69 Å². The number of carbonyl (C=O) groups is 1. The number of rotatable bonds is 3. The Kier molecular flexibility index (Phi) is 4.00. The lowest BCUT2D eigenvalue weighted by atomic mass is 9.63. The molecule has 4 heteroatoms. The molecule has 1 aromatic rings. The van der Waals surface area contributed by atoms with E-state index in [9.17, 15) is 9.18 Å². The first-order valence-electron chi connectivity index (χ1n) is 7.37. The number of aromatic carboxylic acids is 1. The maximum Gasteiger partial charge on any atom is 0.338 e. The average molecular weight is 293 g/mol. The summed E-state index contributed by atoms with van der Waals surface area (Å²) in [7, 11) is 0. The van der Waals surface area contributed by atoms with Crippen molar-refractivity contribution in [2.24, 2.45) is 10.8 Å². The Bertz CT molecular complexity index is 536. The molecule has 2 rings (SSSR count). The van der Waals surface area contributed by atoms with E-state index >= 15 is 0 Å². The lowest BCUT2D eigenvalue weighted by Crippen LogP contribution is -2.40. The average Bonchev–Trinajstić information content (AvgIpc) is 2.27. The van der Waals surface area contributed by atoms with Crippen molar-refractivity contribution in [1.29, 1.82) is 0 Å². The summed E-state index contributed by atoms with van der Waals surface area (Å²) in [4.78, 5) is 11.0. The standard InChI is InChI=1S/C17H24FNO2/c1-16(2)8-12(9-17(3,4)10-16)19-11-5-6-14(18)13(7-11)15(20)21/h5-7,12,19H,8-10H2,1-4H3,(H,20,21). The van der Waals surface area contributed by atoms with Gasteiger partial charge in [0.15, 0.2) is 0 Å². The van der Waals surface area contributed by atoms with Crippen LogP contribution in [0.5, 0.6) is 0 Å². The highest BCUT2D eigenvalue weighted by molar-refractivity contribution is 5.89. The second-order valence-electron chi connectivity index (χ2n) is 7.75. The van der Waals surface area contributed by atoms with Gasteiger partial charge in [-0.1, -0.05) is 27.7 Å². The van der Waals surface area contributed by atoms with Crippen LogP contribution in [-0.2, 0) is 0 Å². The van der Waals surface area contributed by atoms with E-state index in [2.05, 4.69) is 33.0 Å². The SMILES string of the molecule is CC1(C)CC(Nc2ccc(F)c(C(=O)O)c2)CC(C)(C)C1. The van der Waals surface area contributed by atoms with Crippen LogP contribution in [0.3, 0.4) is 0 Å². The molecule has 1 aliphatic carbocycles. The predicted octanol–water partition coefficient (Wildman–Crippen LogP) is 4.54. The van der Waals surface area contributed by atoms with Gasteiger partial charge in [0.25, 0.3) is 0 Å². The molecule has 0 heterocycles. The largest absolute Gasteiger partial charge is 0.478 e. The molecule has 1 fully saturated rings. The lowest BCUT2D eigenvalue weighted by molar-refractivity contribution is 0.0691. The summed E-state index contributed by atoms with van der Waals surface area (Å²) in [5, 5.41) is 12.4. The first-order valence-corrected chi connectivity index (χ1v) is 7.37. The molecule has 2 N–H and O–H groups in total. The fourth-order valence-corrected chi connectivity index (χ4v) is 3.96. The molecule has 0 bridgehead atoms. The fraction of sp³-hybridized carbons (Fsp3) is 0.588. The maximum absolute atomic E-state index is 13.4. The molecule has 21 heavy (non-hydrogen) atoms. The van der Waals surface area contributed by atoms with Crippen molar-refractivity contribution in [3.05, 3.63) is 29.6 Å². The molecule has 0 spiro atoms. The van der Waals surface area contributed by atoms with Gasteiger partial charge in [-0.2, -0.15) is 0 Å². The van der Waals surface area contributed by atoms with E-state index in [-0.39, 0.29) is 22.4 Å². The zero-order valence-electron chi connectivity index (χ0n) is 13.2. The van der Waals surface area contributed by atoms with Crippen molar-refractivity contribution >= 4 is 11.7 Å². The molecule has 0 aliphatic heterocycles. The first-order chi connectivity index (χ1) is 9.58. The molecule has 0 aromatic heterocycles. The molecular weight excluding hydrogens is 269 g/mol. The zero-order valence-corrected chi connectivity index (χ0v) is 13.2. The van der Waals surface area contributed by atoms with Crippen molar-refractivity contribution in [2.45, 2.75) is 53.0 Å². The quantitative estimate of drug-likeness (QED) is 0.860. The van der Waals surface area contributed by atoms with Crippen LogP contribution in [0.1, 0.15) is 57.3 Å². The summed E-state index contributed by atoms with van der Waals surface area (Å²) < 4.78 is 13.4. The molecule has 1 saturated carbocycles. The van der Waals surface area contributed by atoms with E-state index in [0.717, 1.165) is 12.8 Å². The molecule has 0 radical (unpaired) electrons. The molecule has 0 unspecified atom stereocenters. The van der Waals surface area contributed by atoms with Crippen LogP contribution in [0.15, 0.2) is 18.2 Å². The number of benzene rings is 1. The van der Waals surface area contributed by atoms with Crippen molar-refractivity contribution < 1.29 is 14.3 Å². The van der Waals surface area contributed by atoms with Crippen molar-refractivity contribution in [3.63, 3.8) is 0 Å². The van der Waals surface area contributed by atoms with Gasteiger partial charge in [-0.15, -0.1) is 0 Å². The van der Waals surface area contributed by atoms with Crippen molar-refractivity contribution in [1.82, 2.24) is 0 Å². The topological polar surface area (TPSA) is 49.3 Å². The molecule has 1 aliphatic rings. The third-order valence-electron chi connectivity index (χ3n) is 4.12. The highest BCUT2D eigenvalue weighted by Gasteiger charge is 2.38. The van der Waals surface area contributed by atoms with Gasteiger partial charge in [0, 0.05) is 11.7 Å². The minimum atomic E-state index is -1.24. The highest BCUT2D eigenvalue weighted by atomic mass is 19.1. The number of nitrogens with one attached hydrogen (secondary N) is 1. The number of carboxylic acids is 1. The summed E-state index contributed by atoms with van der Waals surface area (Å²) in [6.07, 6.45) is 3.22. The second kappa shape index (κ2) is 5.32. The van der Waals surface area contributed by atoms with Crippen LogP contribution in [0.2, 0.25) is 0 Å². The Morgan fingerprint density at radius 2 is 1.81 bits per heavy atom. The second-order valence-corrected chi connectivity index (χ2v) is 7.75. The Hall–Kier alpha value is -1.58. The lowest BCUT2D eigenvalue weighted by Gasteiger charge is -2.45. The number of hydrogen-bond donors (Lipinski definition) is 2. The Morgan fingerprint density at radius 1 is 1.24 bits per heavy atom. The Morgan fingerprint density at radius 3 is 2.33 bits per heavy atom. The van der Waals surface area contributed by atoms with Gasteiger partial charge in [0.1, 0.15) is 5.82 Å². The number of halogens is 1. The molecular formula is C17H24FNO2. The van der Waals surface area contributed by atoms with E-state index < -0.39 is 11.8 Å². The van der Waals surface area contributed by atoms with Crippen LogP contribution in [0, 0.1) is 16.6 Å². The summed E-state index contributed by atoms with van der Waals surface area (Å²) >= 11 is 0. The molecule has 3 nitrogen and oxygen atoms in total. The smallest absolute Gasteiger partial charge is 0.338 e. The third-order valence-corrected chi connectivity index (χ3v) is 4.12. The Balaban J connectivity index is 2.18. The van der Waals surface area contributed by atoms with Gasteiger partial charge in [0.05, 0.1) is 5.56 Å². The van der Waals surface area contributed by atoms with Crippen LogP contribution in [-0.4, -0.2) is 17.1 Å². The molecule has 1 aromatic carbocycles. The highest BCUT2D eigenvalue weighted by Crippen LogP contribution is 2.46. The molecule has 0 saturated heterocycles. The van der Waals surface area contributed by atoms with Gasteiger partial charge in [-0.3, -0.25) is 0 Å². The van der Waals surface area contributed by atoms with Crippen LogP contribution < -0.4 is 5.32 Å². The number of anilines is 1. The minimum absolute atomic E-state index is 0.245. The summed E-state index contributed by atoms with van der Waals surface area (Å²) in [6, 6.07) is 4.48. The van der Waals surface area contributed by atoms with Crippen LogP contribution in [0.25, 0.3) is 0 Å². The van der Waals surface area contributed by atoms with Gasteiger partial charge in [0.2, 0.25) is 0 Å². The number of carboxylic acid groups (broad SMARTS) is 1. The monoisotopic (exact) mass is 293 g/mol. The minimum Gasteiger partial charge on any atom is -0.478 e. The molecule has 0 amide bonds. The maximum atomic E-state index is 13.4. The number of hydrogen-bond acceptors (Lipinski definition) is 2. The van der Waals surface area contributed by atoms with E-state index in [1.165, 1.54) is 18.6 Å². The van der Waals surface area contributed by atoms with Crippen molar-refractivity contribution in [3.8, 4) is 0 Å². The Labute approximate surface area is 125 Å². The summed E-state index contributed by atoms with van der Waals surface area (Å²) in [6.45, 7) is 9.04. The third kappa shape index (κ3) is 3.96. The van der Waals surface area contributed by atoms with Crippen LogP contribution in [0.4, 0.5) is 10.1 Å². The predicted molar refractivity (Wildman–Crippen MR) is 82.2 cm³/mol. The van der Waals surface area contributed by atoms with Crippen LogP contribution >= 0.6 is 0 Å². The van der Waals surface area contributed by atoms with Gasteiger partial charge in [-0.25, -0.2) is 9.18 Å². The molecule has 0 atom stereocenters. The van der Waals surface area contributed by atoms with Gasteiger partial charge >= 0.3 is 5.97 Å². The van der Waals surface area contributed by atoms with E-state index in [4.69, 9.17) is 5.11 Å².